The number of carbonyl (C=O) groups excluding carboxylic acids is 1. The standard InChI is InChI=1S/C5H11N3O/c1-3-8-4(2)6-7-5(8)9/h4,6H,3H2,1-2H3,(H,7,9). The number of urea groups is 1. The van der Waals surface area contributed by atoms with Crippen molar-refractivity contribution < 1.29 is 4.79 Å². The maximum absolute atomic E-state index is 10.8. The fourth-order valence-corrected chi connectivity index (χ4v) is 0.909. The average molecular weight is 129 g/mol. The van der Waals surface area contributed by atoms with Crippen molar-refractivity contribution in [3.8, 4) is 0 Å². The highest BCUT2D eigenvalue weighted by atomic mass is 16.2. The zero-order chi connectivity index (χ0) is 6.85. The van der Waals surface area contributed by atoms with Crippen molar-refractivity contribution in [1.29, 1.82) is 0 Å². The second-order valence-corrected chi connectivity index (χ2v) is 2.04. The van der Waals surface area contributed by atoms with E-state index in [0.29, 0.717) is 0 Å². The summed E-state index contributed by atoms with van der Waals surface area (Å²) >= 11 is 0. The topological polar surface area (TPSA) is 44.4 Å². The molecule has 4 heteroatoms. The van der Waals surface area contributed by atoms with Gasteiger partial charge in [-0.15, -0.1) is 0 Å². The SMILES string of the molecule is CCN1C(=O)NNC1C. The third-order valence-corrected chi connectivity index (χ3v) is 1.46. The van der Waals surface area contributed by atoms with Gasteiger partial charge in [0.15, 0.2) is 0 Å². The van der Waals surface area contributed by atoms with E-state index in [0.717, 1.165) is 6.54 Å². The highest BCUT2D eigenvalue weighted by Crippen LogP contribution is 1.99. The Bertz CT molecular complexity index is 125. The minimum absolute atomic E-state index is 0.0370. The molecule has 0 radical (unpaired) electrons. The Kier molecular flexibility index (Phi) is 1.57. The van der Waals surface area contributed by atoms with Crippen LogP contribution in [0.5, 0.6) is 0 Å². The molecule has 9 heavy (non-hydrogen) atoms. The first-order valence-corrected chi connectivity index (χ1v) is 3.08. The van der Waals surface area contributed by atoms with Crippen LogP contribution in [-0.4, -0.2) is 23.6 Å². The van der Waals surface area contributed by atoms with Gasteiger partial charge in [0.2, 0.25) is 0 Å². The van der Waals surface area contributed by atoms with Crippen LogP contribution in [-0.2, 0) is 0 Å². The molecule has 52 valence electrons. The fraction of sp³-hybridized carbons (Fsp3) is 0.800. The summed E-state index contributed by atoms with van der Waals surface area (Å²) in [6, 6.07) is -0.0370. The van der Waals surface area contributed by atoms with Gasteiger partial charge < -0.3 is 4.90 Å². The molecular formula is C5H11N3O. The Balaban J connectivity index is 2.55. The molecule has 2 N–H and O–H groups in total. The summed E-state index contributed by atoms with van der Waals surface area (Å²) in [5.74, 6) is 0. The molecule has 0 aromatic rings. The Morgan fingerprint density at radius 3 is 2.67 bits per heavy atom. The number of carbonyl (C=O) groups is 1. The minimum Gasteiger partial charge on any atom is -0.307 e. The van der Waals surface area contributed by atoms with Gasteiger partial charge in [0.1, 0.15) is 0 Å². The van der Waals surface area contributed by atoms with Gasteiger partial charge in [-0.1, -0.05) is 0 Å². The Labute approximate surface area is 54.2 Å². The maximum atomic E-state index is 10.8. The van der Waals surface area contributed by atoms with Gasteiger partial charge in [-0.05, 0) is 13.8 Å². The summed E-state index contributed by atoms with van der Waals surface area (Å²) in [5.41, 5.74) is 5.30. The van der Waals surface area contributed by atoms with Gasteiger partial charge in [-0.25, -0.2) is 10.2 Å². The molecule has 1 unspecified atom stereocenters. The van der Waals surface area contributed by atoms with Gasteiger partial charge in [0, 0.05) is 6.54 Å². The lowest BCUT2D eigenvalue weighted by atomic mass is 10.5. The molecular weight excluding hydrogens is 118 g/mol. The van der Waals surface area contributed by atoms with Crippen LogP contribution in [0.1, 0.15) is 13.8 Å². The number of hydrogen-bond acceptors (Lipinski definition) is 2. The number of hydrogen-bond donors (Lipinski definition) is 2. The molecule has 1 aliphatic heterocycles. The van der Waals surface area contributed by atoms with Crippen molar-refractivity contribution in [2.24, 2.45) is 0 Å². The van der Waals surface area contributed by atoms with E-state index in [1.165, 1.54) is 0 Å². The molecule has 0 spiro atoms. The Morgan fingerprint density at radius 1 is 1.78 bits per heavy atom. The molecule has 1 atom stereocenters. The second kappa shape index (κ2) is 2.23. The Hall–Kier alpha value is -0.770. The van der Waals surface area contributed by atoms with Gasteiger partial charge in [-0.3, -0.25) is 5.43 Å². The summed E-state index contributed by atoms with van der Waals surface area (Å²) in [7, 11) is 0. The normalized spacial score (nSPS) is 26.7. The molecule has 1 fully saturated rings. The fourth-order valence-electron chi connectivity index (χ4n) is 0.909. The van der Waals surface area contributed by atoms with Gasteiger partial charge in [0.05, 0.1) is 6.17 Å². The van der Waals surface area contributed by atoms with Crippen LogP contribution in [0, 0.1) is 0 Å². The van der Waals surface area contributed by atoms with Crippen molar-refractivity contribution in [2.45, 2.75) is 20.0 Å². The first-order chi connectivity index (χ1) is 4.25. The monoisotopic (exact) mass is 129 g/mol. The third kappa shape index (κ3) is 0.977. The average Bonchev–Trinajstić information content (AvgIpc) is 2.12. The number of nitrogens with one attached hydrogen (secondary N) is 2. The lowest BCUT2D eigenvalue weighted by Crippen LogP contribution is -2.33. The molecule has 0 aliphatic carbocycles. The van der Waals surface area contributed by atoms with Crippen molar-refractivity contribution in [2.75, 3.05) is 6.54 Å². The zero-order valence-electron chi connectivity index (χ0n) is 5.64. The van der Waals surface area contributed by atoms with Crippen LogP contribution >= 0.6 is 0 Å². The molecule has 1 rings (SSSR count). The molecule has 1 aliphatic rings. The van der Waals surface area contributed by atoms with E-state index in [4.69, 9.17) is 0 Å². The zero-order valence-corrected chi connectivity index (χ0v) is 5.64. The number of hydrazine groups is 1. The summed E-state index contributed by atoms with van der Waals surface area (Å²) in [5, 5.41) is 0. The molecule has 0 saturated carbocycles. The van der Waals surface area contributed by atoms with Crippen LogP contribution in [0.15, 0.2) is 0 Å². The molecule has 0 bridgehead atoms. The van der Waals surface area contributed by atoms with E-state index in [2.05, 4.69) is 10.9 Å². The molecule has 4 nitrogen and oxygen atoms in total. The van der Waals surface area contributed by atoms with Crippen LogP contribution in [0.25, 0.3) is 0 Å². The van der Waals surface area contributed by atoms with E-state index < -0.39 is 0 Å². The second-order valence-electron chi connectivity index (χ2n) is 2.04. The molecule has 2 amide bonds. The van der Waals surface area contributed by atoms with Crippen LogP contribution in [0.2, 0.25) is 0 Å². The molecule has 1 saturated heterocycles. The van der Waals surface area contributed by atoms with Crippen molar-refractivity contribution in [1.82, 2.24) is 15.8 Å². The summed E-state index contributed by atoms with van der Waals surface area (Å²) in [6.45, 7) is 4.63. The highest BCUT2D eigenvalue weighted by Gasteiger charge is 2.24. The molecule has 0 aromatic heterocycles. The largest absolute Gasteiger partial charge is 0.333 e. The van der Waals surface area contributed by atoms with E-state index >= 15 is 0 Å². The predicted octanol–water partition coefficient (Wildman–Crippen LogP) is -0.118. The van der Waals surface area contributed by atoms with Gasteiger partial charge in [-0.2, -0.15) is 0 Å². The minimum atomic E-state index is -0.0370. The molecule has 1 heterocycles. The van der Waals surface area contributed by atoms with E-state index in [1.54, 1.807) is 4.90 Å². The van der Waals surface area contributed by atoms with Crippen molar-refractivity contribution in [3.63, 3.8) is 0 Å². The van der Waals surface area contributed by atoms with E-state index in [1.807, 2.05) is 13.8 Å². The smallest absolute Gasteiger partial charge is 0.307 e. The molecule has 0 aromatic carbocycles. The number of rotatable bonds is 1. The predicted molar refractivity (Wildman–Crippen MR) is 33.5 cm³/mol. The van der Waals surface area contributed by atoms with Crippen LogP contribution < -0.4 is 10.9 Å². The van der Waals surface area contributed by atoms with Crippen molar-refractivity contribution in [3.05, 3.63) is 0 Å². The van der Waals surface area contributed by atoms with E-state index in [9.17, 15) is 4.79 Å². The van der Waals surface area contributed by atoms with Gasteiger partial charge in [0.25, 0.3) is 0 Å². The number of amides is 2. The maximum Gasteiger partial charge on any atom is 0.333 e. The van der Waals surface area contributed by atoms with Crippen LogP contribution in [0.4, 0.5) is 4.79 Å². The summed E-state index contributed by atoms with van der Waals surface area (Å²) in [4.78, 5) is 12.5. The first-order valence-electron chi connectivity index (χ1n) is 3.08. The first kappa shape index (κ1) is 6.35. The van der Waals surface area contributed by atoms with Gasteiger partial charge >= 0.3 is 6.03 Å². The van der Waals surface area contributed by atoms with E-state index in [-0.39, 0.29) is 12.2 Å². The lowest BCUT2D eigenvalue weighted by Gasteiger charge is -2.15. The highest BCUT2D eigenvalue weighted by molar-refractivity contribution is 5.75. The Morgan fingerprint density at radius 2 is 2.44 bits per heavy atom. The number of nitrogens with zero attached hydrogens (tertiary/aromatic N) is 1. The lowest BCUT2D eigenvalue weighted by molar-refractivity contribution is 0.208. The summed E-state index contributed by atoms with van der Waals surface area (Å²) < 4.78 is 0. The van der Waals surface area contributed by atoms with Crippen LogP contribution in [0.3, 0.4) is 0 Å². The quantitative estimate of drug-likeness (QED) is 0.518. The third-order valence-electron chi connectivity index (χ3n) is 1.46. The summed E-state index contributed by atoms with van der Waals surface area (Å²) in [6.07, 6.45) is 0.127. The van der Waals surface area contributed by atoms with Crippen molar-refractivity contribution >= 4 is 6.03 Å².